The van der Waals surface area contributed by atoms with Gasteiger partial charge in [-0.2, -0.15) is 0 Å². The Morgan fingerprint density at radius 1 is 1.29 bits per heavy atom. The van der Waals surface area contributed by atoms with Gasteiger partial charge in [0.25, 0.3) is 5.56 Å². The summed E-state index contributed by atoms with van der Waals surface area (Å²) in [5, 5.41) is 10.1. The summed E-state index contributed by atoms with van der Waals surface area (Å²) in [4.78, 5) is 24.7. The number of ether oxygens (including phenoxy) is 1. The molecular weight excluding hydrogens is 308 g/mol. The SMILES string of the molecule is COC(=O)c1c(N)c(-c2c(C)ccc(O)c2C)c2n(c1=O)CCC2. The lowest BCUT2D eigenvalue weighted by Crippen LogP contribution is -2.29. The molecule has 0 atom stereocenters. The third-order valence-corrected chi connectivity index (χ3v) is 4.69. The molecule has 2 aromatic rings. The number of carbonyl (C=O) groups is 1. The lowest BCUT2D eigenvalue weighted by molar-refractivity contribution is 0.0599. The first-order chi connectivity index (χ1) is 11.4. The summed E-state index contributed by atoms with van der Waals surface area (Å²) in [6, 6.07) is 3.42. The van der Waals surface area contributed by atoms with E-state index in [1.807, 2.05) is 6.92 Å². The Morgan fingerprint density at radius 2 is 2.00 bits per heavy atom. The lowest BCUT2D eigenvalue weighted by atomic mass is 9.91. The van der Waals surface area contributed by atoms with Crippen molar-refractivity contribution in [2.24, 2.45) is 0 Å². The highest BCUT2D eigenvalue weighted by molar-refractivity contribution is 6.00. The van der Waals surface area contributed by atoms with Crippen LogP contribution in [0.2, 0.25) is 0 Å². The van der Waals surface area contributed by atoms with Crippen LogP contribution in [0.3, 0.4) is 0 Å². The van der Waals surface area contributed by atoms with Crippen molar-refractivity contribution in [1.29, 1.82) is 0 Å². The van der Waals surface area contributed by atoms with E-state index in [0.29, 0.717) is 24.1 Å². The third-order valence-electron chi connectivity index (χ3n) is 4.69. The molecule has 0 bridgehead atoms. The van der Waals surface area contributed by atoms with Crippen LogP contribution in [0.5, 0.6) is 5.75 Å². The van der Waals surface area contributed by atoms with Gasteiger partial charge in [-0.25, -0.2) is 4.79 Å². The summed E-state index contributed by atoms with van der Waals surface area (Å²) in [7, 11) is 1.23. The Bertz CT molecular complexity index is 912. The summed E-state index contributed by atoms with van der Waals surface area (Å²) in [5.41, 5.74) is 9.65. The number of phenolic OH excluding ortho intramolecular Hbond substituents is 1. The molecule has 0 amide bonds. The zero-order chi connectivity index (χ0) is 17.6. The van der Waals surface area contributed by atoms with Crippen molar-refractivity contribution in [2.75, 3.05) is 12.8 Å². The van der Waals surface area contributed by atoms with E-state index in [0.717, 1.165) is 23.2 Å². The van der Waals surface area contributed by atoms with Gasteiger partial charge in [-0.1, -0.05) is 6.07 Å². The van der Waals surface area contributed by atoms with E-state index >= 15 is 0 Å². The fourth-order valence-corrected chi connectivity index (χ4v) is 3.49. The van der Waals surface area contributed by atoms with Crippen molar-refractivity contribution in [2.45, 2.75) is 33.2 Å². The number of carbonyl (C=O) groups excluding carboxylic acids is 1. The zero-order valence-corrected chi connectivity index (χ0v) is 14.0. The topological polar surface area (TPSA) is 94.5 Å². The fraction of sp³-hybridized carbons (Fsp3) is 0.333. The molecule has 1 aliphatic rings. The van der Waals surface area contributed by atoms with Crippen molar-refractivity contribution >= 4 is 11.7 Å². The molecule has 2 heterocycles. The summed E-state index contributed by atoms with van der Waals surface area (Å²) in [6.45, 7) is 4.25. The molecule has 6 heteroatoms. The largest absolute Gasteiger partial charge is 0.508 e. The van der Waals surface area contributed by atoms with E-state index in [1.54, 1.807) is 23.6 Å². The van der Waals surface area contributed by atoms with Crippen LogP contribution in [0.25, 0.3) is 11.1 Å². The highest BCUT2D eigenvalue weighted by Gasteiger charge is 2.29. The van der Waals surface area contributed by atoms with Gasteiger partial charge in [0.2, 0.25) is 0 Å². The number of esters is 1. The number of benzene rings is 1. The monoisotopic (exact) mass is 328 g/mol. The molecule has 1 aromatic heterocycles. The molecule has 0 saturated carbocycles. The predicted octanol–water partition coefficient (Wildman–Crippen LogP) is 2.15. The maximum atomic E-state index is 12.6. The number of aromatic nitrogens is 1. The smallest absolute Gasteiger partial charge is 0.345 e. The quantitative estimate of drug-likeness (QED) is 0.824. The second-order valence-electron chi connectivity index (χ2n) is 6.06. The minimum atomic E-state index is -0.739. The minimum absolute atomic E-state index is 0.122. The molecule has 0 aliphatic carbocycles. The van der Waals surface area contributed by atoms with Gasteiger partial charge in [-0.15, -0.1) is 0 Å². The van der Waals surface area contributed by atoms with Crippen molar-refractivity contribution in [3.05, 3.63) is 44.9 Å². The van der Waals surface area contributed by atoms with Crippen molar-refractivity contribution in [1.82, 2.24) is 4.57 Å². The van der Waals surface area contributed by atoms with Gasteiger partial charge >= 0.3 is 5.97 Å². The molecule has 3 N–H and O–H groups in total. The molecule has 0 radical (unpaired) electrons. The molecule has 126 valence electrons. The lowest BCUT2D eigenvalue weighted by Gasteiger charge is -2.20. The minimum Gasteiger partial charge on any atom is -0.508 e. The molecule has 0 unspecified atom stereocenters. The standard InChI is InChI=1S/C18H20N2O4/c1-9-6-7-12(21)10(2)13(9)14-11-5-4-8-20(11)17(22)15(16(14)19)18(23)24-3/h6-7,21H,4-5,8,19H2,1-3H3. The summed E-state index contributed by atoms with van der Waals surface area (Å²) in [6.07, 6.45) is 1.51. The number of hydrogen-bond donors (Lipinski definition) is 2. The molecule has 0 spiro atoms. The number of rotatable bonds is 2. The second-order valence-corrected chi connectivity index (χ2v) is 6.06. The van der Waals surface area contributed by atoms with E-state index in [1.165, 1.54) is 7.11 Å². The summed E-state index contributed by atoms with van der Waals surface area (Å²) >= 11 is 0. The average Bonchev–Trinajstić information content (AvgIpc) is 3.03. The Morgan fingerprint density at radius 3 is 2.67 bits per heavy atom. The van der Waals surface area contributed by atoms with Gasteiger partial charge in [-0.3, -0.25) is 4.79 Å². The number of methoxy groups -OCH3 is 1. The van der Waals surface area contributed by atoms with E-state index in [4.69, 9.17) is 10.5 Å². The Balaban J connectivity index is 2.47. The number of aromatic hydroxyl groups is 1. The average molecular weight is 328 g/mol. The number of aryl methyl sites for hydroxylation is 1. The van der Waals surface area contributed by atoms with Crippen LogP contribution in [-0.2, 0) is 17.7 Å². The number of pyridine rings is 1. The van der Waals surface area contributed by atoms with Crippen LogP contribution >= 0.6 is 0 Å². The molecule has 24 heavy (non-hydrogen) atoms. The summed E-state index contributed by atoms with van der Waals surface area (Å²) < 4.78 is 6.35. The molecule has 0 fully saturated rings. The summed E-state index contributed by atoms with van der Waals surface area (Å²) in [5.74, 6) is -0.589. The van der Waals surface area contributed by atoms with Crippen molar-refractivity contribution in [3.8, 4) is 16.9 Å². The van der Waals surface area contributed by atoms with Crippen LogP contribution in [0, 0.1) is 13.8 Å². The first kappa shape index (κ1) is 16.1. The van der Waals surface area contributed by atoms with Gasteiger partial charge in [0.05, 0.1) is 12.8 Å². The molecular formula is C18H20N2O4. The molecule has 6 nitrogen and oxygen atoms in total. The molecule has 3 rings (SSSR count). The normalized spacial score (nSPS) is 13.0. The van der Waals surface area contributed by atoms with Crippen molar-refractivity contribution < 1.29 is 14.6 Å². The van der Waals surface area contributed by atoms with E-state index < -0.39 is 11.5 Å². The number of fused-ring (bicyclic) bond motifs is 1. The van der Waals surface area contributed by atoms with Crippen LogP contribution < -0.4 is 11.3 Å². The van der Waals surface area contributed by atoms with E-state index in [-0.39, 0.29) is 17.0 Å². The fourth-order valence-electron chi connectivity index (χ4n) is 3.49. The first-order valence-electron chi connectivity index (χ1n) is 7.81. The van der Waals surface area contributed by atoms with Crippen LogP contribution in [0.15, 0.2) is 16.9 Å². The number of phenols is 1. The molecule has 1 aliphatic heterocycles. The first-order valence-corrected chi connectivity index (χ1v) is 7.81. The number of nitrogens with zero attached hydrogens (tertiary/aromatic N) is 1. The highest BCUT2D eigenvalue weighted by atomic mass is 16.5. The predicted molar refractivity (Wildman–Crippen MR) is 91.3 cm³/mol. The number of anilines is 1. The highest BCUT2D eigenvalue weighted by Crippen LogP contribution is 2.40. The van der Waals surface area contributed by atoms with Gasteiger partial charge in [0, 0.05) is 17.8 Å². The second kappa shape index (κ2) is 5.70. The number of hydrogen-bond acceptors (Lipinski definition) is 5. The number of nitrogen functional groups attached to an aromatic ring is 1. The van der Waals surface area contributed by atoms with Crippen LogP contribution in [0.4, 0.5) is 5.69 Å². The van der Waals surface area contributed by atoms with E-state index in [9.17, 15) is 14.7 Å². The maximum Gasteiger partial charge on any atom is 0.345 e. The van der Waals surface area contributed by atoms with Crippen LogP contribution in [0.1, 0.15) is 33.6 Å². The van der Waals surface area contributed by atoms with Crippen LogP contribution in [-0.4, -0.2) is 22.8 Å². The maximum absolute atomic E-state index is 12.6. The molecule has 0 saturated heterocycles. The van der Waals surface area contributed by atoms with Gasteiger partial charge < -0.3 is 20.1 Å². The van der Waals surface area contributed by atoms with Gasteiger partial charge in [0.15, 0.2) is 0 Å². The Hall–Kier alpha value is -2.76. The Kier molecular flexibility index (Phi) is 3.83. The van der Waals surface area contributed by atoms with Crippen molar-refractivity contribution in [3.63, 3.8) is 0 Å². The van der Waals surface area contributed by atoms with Gasteiger partial charge in [0.1, 0.15) is 11.3 Å². The number of nitrogens with two attached hydrogens (primary N) is 1. The molecule has 1 aromatic carbocycles. The van der Waals surface area contributed by atoms with E-state index in [2.05, 4.69) is 0 Å². The third kappa shape index (κ3) is 2.18. The zero-order valence-electron chi connectivity index (χ0n) is 14.0. The van der Waals surface area contributed by atoms with Gasteiger partial charge in [-0.05, 0) is 49.4 Å². The Labute approximate surface area is 139 Å².